The molecule has 0 radical (unpaired) electrons. The lowest BCUT2D eigenvalue weighted by molar-refractivity contribution is -0.103. The molecule has 0 aliphatic heterocycles. The second-order valence-electron chi connectivity index (χ2n) is 4.56. The molecule has 21 heavy (non-hydrogen) atoms. The maximum absolute atomic E-state index is 11.3. The van der Waals surface area contributed by atoms with Crippen molar-refractivity contribution in [3.8, 4) is 11.5 Å². The summed E-state index contributed by atoms with van der Waals surface area (Å²) in [5.41, 5.74) is 2.69. The number of hydrogen-bond acceptors (Lipinski definition) is 3. The maximum atomic E-state index is 11.3. The molecule has 0 aliphatic carbocycles. The molecule has 3 nitrogen and oxygen atoms in total. The predicted octanol–water partition coefficient (Wildman–Crippen LogP) is 3.53. The van der Waals surface area contributed by atoms with Gasteiger partial charge in [-0.15, -0.1) is 0 Å². The Hall–Kier alpha value is -2.55. The van der Waals surface area contributed by atoms with Crippen LogP contribution in [0, 0.1) is 0 Å². The van der Waals surface area contributed by atoms with E-state index in [-0.39, 0.29) is 0 Å². The van der Waals surface area contributed by atoms with E-state index >= 15 is 0 Å². The molecular formula is C18H18O3. The van der Waals surface area contributed by atoms with Gasteiger partial charge in [-0.2, -0.15) is 0 Å². The summed E-state index contributed by atoms with van der Waals surface area (Å²) in [5.74, 6) is 1.60. The number of allylic oxidation sites excluding steroid dienone is 2. The Morgan fingerprint density at radius 3 is 1.90 bits per heavy atom. The highest BCUT2D eigenvalue weighted by Crippen LogP contribution is 2.18. The summed E-state index contributed by atoms with van der Waals surface area (Å²) < 4.78 is 10.2. The third-order valence-corrected chi connectivity index (χ3v) is 3.27. The van der Waals surface area contributed by atoms with Crippen LogP contribution < -0.4 is 9.47 Å². The molecule has 0 amide bonds. The van der Waals surface area contributed by atoms with E-state index in [0.717, 1.165) is 28.9 Å². The average molecular weight is 282 g/mol. The normalized spacial score (nSPS) is 11.0. The fourth-order valence-electron chi connectivity index (χ4n) is 2.01. The molecule has 0 spiro atoms. The molecular weight excluding hydrogens is 264 g/mol. The number of hydrogen-bond donors (Lipinski definition) is 0. The lowest BCUT2D eigenvalue weighted by Gasteiger charge is -2.04. The van der Waals surface area contributed by atoms with Crippen LogP contribution in [-0.4, -0.2) is 20.5 Å². The first-order valence-electron chi connectivity index (χ1n) is 6.69. The Labute approximate surface area is 124 Å². The number of ether oxygens (including phenoxy) is 2. The van der Waals surface area contributed by atoms with Crippen LogP contribution >= 0.6 is 0 Å². The molecule has 0 atom stereocenters. The Morgan fingerprint density at radius 2 is 1.43 bits per heavy atom. The molecule has 0 fully saturated rings. The molecule has 0 heterocycles. The van der Waals surface area contributed by atoms with Gasteiger partial charge in [0.05, 0.1) is 14.2 Å². The number of aldehydes is 1. The first kappa shape index (κ1) is 14.9. The van der Waals surface area contributed by atoms with E-state index in [4.69, 9.17) is 9.47 Å². The van der Waals surface area contributed by atoms with Gasteiger partial charge in [0.1, 0.15) is 17.8 Å². The van der Waals surface area contributed by atoms with Crippen molar-refractivity contribution >= 4 is 11.9 Å². The van der Waals surface area contributed by atoms with Gasteiger partial charge in [0, 0.05) is 5.57 Å². The van der Waals surface area contributed by atoms with Gasteiger partial charge in [0.25, 0.3) is 0 Å². The summed E-state index contributed by atoms with van der Waals surface area (Å²) in [6.07, 6.45) is 3.51. The number of carbonyl (C=O) groups is 1. The van der Waals surface area contributed by atoms with Gasteiger partial charge in [-0.3, -0.25) is 4.79 Å². The van der Waals surface area contributed by atoms with E-state index in [1.165, 1.54) is 0 Å². The summed E-state index contributed by atoms with van der Waals surface area (Å²) in [6, 6.07) is 15.3. The van der Waals surface area contributed by atoms with E-state index in [0.29, 0.717) is 12.0 Å². The van der Waals surface area contributed by atoms with Crippen LogP contribution in [0.3, 0.4) is 0 Å². The molecule has 0 aromatic heterocycles. The third kappa shape index (κ3) is 3.96. The Morgan fingerprint density at radius 1 is 0.905 bits per heavy atom. The first-order chi connectivity index (χ1) is 10.3. The average Bonchev–Trinajstić information content (AvgIpc) is 2.56. The molecule has 108 valence electrons. The van der Waals surface area contributed by atoms with Gasteiger partial charge in [-0.05, 0) is 41.8 Å². The summed E-state index contributed by atoms with van der Waals surface area (Å²) >= 11 is 0. The van der Waals surface area contributed by atoms with E-state index in [1.807, 2.05) is 54.6 Å². The van der Waals surface area contributed by atoms with Gasteiger partial charge in [-0.1, -0.05) is 30.3 Å². The van der Waals surface area contributed by atoms with E-state index in [9.17, 15) is 4.79 Å². The first-order valence-corrected chi connectivity index (χ1v) is 6.69. The molecule has 0 saturated heterocycles. The van der Waals surface area contributed by atoms with Gasteiger partial charge >= 0.3 is 0 Å². The zero-order valence-electron chi connectivity index (χ0n) is 12.2. The van der Waals surface area contributed by atoms with Crippen molar-refractivity contribution in [2.45, 2.75) is 6.42 Å². The number of benzene rings is 2. The molecule has 2 aromatic rings. The van der Waals surface area contributed by atoms with Gasteiger partial charge in [0.15, 0.2) is 0 Å². The number of rotatable bonds is 6. The fraction of sp³-hybridized carbons (Fsp3) is 0.167. The van der Waals surface area contributed by atoms with Gasteiger partial charge < -0.3 is 9.47 Å². The van der Waals surface area contributed by atoms with Crippen molar-refractivity contribution in [1.29, 1.82) is 0 Å². The van der Waals surface area contributed by atoms with Crippen LogP contribution in [0.25, 0.3) is 5.57 Å². The van der Waals surface area contributed by atoms with Crippen molar-refractivity contribution < 1.29 is 14.3 Å². The highest BCUT2D eigenvalue weighted by molar-refractivity contribution is 6.06. The molecule has 0 bridgehead atoms. The zero-order chi connectivity index (χ0) is 15.1. The SMILES string of the molecule is COc1ccc(C/C=C(/C=O)c2ccc(OC)cc2)cc1. The second kappa shape index (κ2) is 7.29. The topological polar surface area (TPSA) is 35.5 Å². The Balaban J connectivity index is 2.13. The summed E-state index contributed by atoms with van der Waals surface area (Å²) in [6.45, 7) is 0. The van der Waals surface area contributed by atoms with Crippen molar-refractivity contribution in [3.63, 3.8) is 0 Å². The monoisotopic (exact) mass is 282 g/mol. The Bertz CT molecular complexity index is 610. The standard InChI is InChI=1S/C18H18O3/c1-20-17-9-4-14(5-10-17)3-6-16(13-19)15-7-11-18(21-2)12-8-15/h4-13H,3H2,1-2H3/b16-6-. The summed E-state index contributed by atoms with van der Waals surface area (Å²) in [5, 5.41) is 0. The highest BCUT2D eigenvalue weighted by Gasteiger charge is 2.01. The summed E-state index contributed by atoms with van der Waals surface area (Å²) in [4.78, 5) is 11.3. The molecule has 2 aromatic carbocycles. The van der Waals surface area contributed by atoms with Crippen LogP contribution in [0.1, 0.15) is 11.1 Å². The molecule has 2 rings (SSSR count). The number of carbonyl (C=O) groups excluding carboxylic acids is 1. The van der Waals surface area contributed by atoms with E-state index in [1.54, 1.807) is 14.2 Å². The van der Waals surface area contributed by atoms with Crippen molar-refractivity contribution in [1.82, 2.24) is 0 Å². The zero-order valence-corrected chi connectivity index (χ0v) is 12.2. The van der Waals surface area contributed by atoms with Crippen LogP contribution in [0.5, 0.6) is 11.5 Å². The fourth-order valence-corrected chi connectivity index (χ4v) is 2.01. The minimum atomic E-state index is 0.675. The molecule has 0 N–H and O–H groups in total. The smallest absolute Gasteiger partial charge is 0.150 e. The predicted molar refractivity (Wildman–Crippen MR) is 83.7 cm³/mol. The van der Waals surface area contributed by atoms with Crippen molar-refractivity contribution in [2.75, 3.05) is 14.2 Å². The molecule has 0 unspecified atom stereocenters. The third-order valence-electron chi connectivity index (χ3n) is 3.27. The van der Waals surface area contributed by atoms with Crippen LogP contribution in [0.15, 0.2) is 54.6 Å². The van der Waals surface area contributed by atoms with E-state index in [2.05, 4.69) is 0 Å². The van der Waals surface area contributed by atoms with Crippen LogP contribution in [0.2, 0.25) is 0 Å². The highest BCUT2D eigenvalue weighted by atomic mass is 16.5. The second-order valence-corrected chi connectivity index (χ2v) is 4.56. The van der Waals surface area contributed by atoms with E-state index < -0.39 is 0 Å². The maximum Gasteiger partial charge on any atom is 0.150 e. The van der Waals surface area contributed by atoms with Gasteiger partial charge in [-0.25, -0.2) is 0 Å². The molecule has 3 heteroatoms. The van der Waals surface area contributed by atoms with Gasteiger partial charge in [0.2, 0.25) is 0 Å². The lowest BCUT2D eigenvalue weighted by atomic mass is 10.0. The minimum Gasteiger partial charge on any atom is -0.497 e. The number of methoxy groups -OCH3 is 2. The molecule has 0 aliphatic rings. The largest absolute Gasteiger partial charge is 0.497 e. The quantitative estimate of drug-likeness (QED) is 0.600. The van der Waals surface area contributed by atoms with Crippen molar-refractivity contribution in [3.05, 3.63) is 65.7 Å². The van der Waals surface area contributed by atoms with Crippen molar-refractivity contribution in [2.24, 2.45) is 0 Å². The van der Waals surface area contributed by atoms with Crippen LogP contribution in [-0.2, 0) is 11.2 Å². The minimum absolute atomic E-state index is 0.675. The molecule has 0 saturated carbocycles. The summed E-state index contributed by atoms with van der Waals surface area (Å²) in [7, 11) is 3.26. The lowest BCUT2D eigenvalue weighted by Crippen LogP contribution is -1.90. The Kier molecular flexibility index (Phi) is 5.16. The van der Waals surface area contributed by atoms with Crippen LogP contribution in [0.4, 0.5) is 0 Å².